The summed E-state index contributed by atoms with van der Waals surface area (Å²) in [6.45, 7) is 8.08. The van der Waals surface area contributed by atoms with Crippen molar-refractivity contribution < 1.29 is 4.79 Å². The molecule has 0 spiro atoms. The van der Waals surface area contributed by atoms with E-state index < -0.39 is 0 Å². The Balaban J connectivity index is 1.65. The van der Waals surface area contributed by atoms with Crippen molar-refractivity contribution in [2.45, 2.75) is 47.0 Å². The van der Waals surface area contributed by atoms with Crippen LogP contribution in [-0.2, 0) is 12.8 Å². The monoisotopic (exact) mass is 372 g/mol. The summed E-state index contributed by atoms with van der Waals surface area (Å²) in [7, 11) is 0. The third-order valence-corrected chi connectivity index (χ3v) is 6.92. The lowest BCUT2D eigenvalue weighted by Crippen LogP contribution is -2.11. The van der Waals surface area contributed by atoms with E-state index in [-0.39, 0.29) is 5.91 Å². The molecule has 1 aliphatic rings. The van der Waals surface area contributed by atoms with Gasteiger partial charge in [-0.05, 0) is 51.5 Å². The number of carbonyl (C=O) groups excluding carboxylic acids is 1. The molecule has 4 rings (SSSR count). The van der Waals surface area contributed by atoms with Gasteiger partial charge in [-0.15, -0.1) is 22.7 Å². The molecule has 0 radical (unpaired) electrons. The van der Waals surface area contributed by atoms with Crippen molar-refractivity contribution >= 4 is 43.9 Å². The smallest absolute Gasteiger partial charge is 0.267 e. The van der Waals surface area contributed by atoms with Gasteiger partial charge >= 0.3 is 0 Å². The van der Waals surface area contributed by atoms with Crippen LogP contribution in [0.15, 0.2) is 0 Å². The molecule has 5 nitrogen and oxygen atoms in total. The lowest BCUT2D eigenvalue weighted by Gasteiger charge is -2.15. The molecule has 0 aliphatic heterocycles. The first kappa shape index (κ1) is 16.6. The topological polar surface area (TPSA) is 67.8 Å². The van der Waals surface area contributed by atoms with Crippen LogP contribution < -0.4 is 5.32 Å². The van der Waals surface area contributed by atoms with Crippen molar-refractivity contribution in [1.82, 2.24) is 15.0 Å². The lowest BCUT2D eigenvalue weighted by atomic mass is 9.93. The average Bonchev–Trinajstić information content (AvgIpc) is 3.07. The highest BCUT2D eigenvalue weighted by Crippen LogP contribution is 2.34. The van der Waals surface area contributed by atoms with Crippen LogP contribution in [0.3, 0.4) is 0 Å². The van der Waals surface area contributed by atoms with Crippen LogP contribution in [0.2, 0.25) is 0 Å². The van der Waals surface area contributed by atoms with Gasteiger partial charge in [0.2, 0.25) is 0 Å². The Labute approximate surface area is 154 Å². The van der Waals surface area contributed by atoms with E-state index in [1.807, 2.05) is 20.8 Å². The second-order valence-electron chi connectivity index (χ2n) is 6.78. The van der Waals surface area contributed by atoms with Crippen molar-refractivity contribution in [2.24, 2.45) is 5.92 Å². The third-order valence-electron chi connectivity index (χ3n) is 4.70. The van der Waals surface area contributed by atoms with E-state index in [4.69, 9.17) is 0 Å². The largest absolute Gasteiger partial charge is 0.297 e. The number of anilines is 1. The molecular weight excluding hydrogens is 352 g/mol. The zero-order valence-corrected chi connectivity index (χ0v) is 16.4. The van der Waals surface area contributed by atoms with Crippen LogP contribution in [-0.4, -0.2) is 20.9 Å². The fourth-order valence-electron chi connectivity index (χ4n) is 3.44. The standard InChI is InChI=1S/C18H20N4OS2/c1-8-5-6-12-13(7-8)24-18(21-12)22-16(23)15-9(2)14-10(3)19-11(4)20-17(14)25-15/h8H,5-7H2,1-4H3,(H,21,22,23)/t8-/m1/s1. The zero-order chi connectivity index (χ0) is 17.7. The van der Waals surface area contributed by atoms with Gasteiger partial charge in [-0.3, -0.25) is 10.1 Å². The Bertz CT molecular complexity index is 989. The molecule has 1 atom stereocenters. The van der Waals surface area contributed by atoms with Crippen molar-refractivity contribution in [3.63, 3.8) is 0 Å². The van der Waals surface area contributed by atoms with Crippen LogP contribution in [0.25, 0.3) is 10.2 Å². The average molecular weight is 373 g/mol. The van der Waals surface area contributed by atoms with E-state index in [1.165, 1.54) is 22.6 Å². The minimum atomic E-state index is -0.100. The van der Waals surface area contributed by atoms with Crippen LogP contribution in [0.5, 0.6) is 0 Å². The minimum Gasteiger partial charge on any atom is -0.297 e. The summed E-state index contributed by atoms with van der Waals surface area (Å²) in [5, 5.41) is 4.70. The molecule has 130 valence electrons. The zero-order valence-electron chi connectivity index (χ0n) is 14.8. The second-order valence-corrected chi connectivity index (χ2v) is 8.87. The maximum absolute atomic E-state index is 12.8. The van der Waals surface area contributed by atoms with Gasteiger partial charge < -0.3 is 0 Å². The van der Waals surface area contributed by atoms with E-state index in [9.17, 15) is 4.79 Å². The van der Waals surface area contributed by atoms with E-state index in [0.29, 0.717) is 15.9 Å². The molecule has 0 unspecified atom stereocenters. The number of fused-ring (bicyclic) bond motifs is 2. The lowest BCUT2D eigenvalue weighted by molar-refractivity contribution is 0.103. The maximum atomic E-state index is 12.8. The van der Waals surface area contributed by atoms with E-state index >= 15 is 0 Å². The molecule has 3 aromatic rings. The molecule has 0 aromatic carbocycles. The van der Waals surface area contributed by atoms with Gasteiger partial charge in [0.1, 0.15) is 10.7 Å². The Kier molecular flexibility index (Phi) is 4.08. The van der Waals surface area contributed by atoms with Crippen molar-refractivity contribution in [3.05, 3.63) is 32.5 Å². The van der Waals surface area contributed by atoms with Crippen LogP contribution in [0, 0.1) is 26.7 Å². The first-order valence-electron chi connectivity index (χ1n) is 8.46. The molecule has 25 heavy (non-hydrogen) atoms. The number of carbonyl (C=O) groups is 1. The maximum Gasteiger partial charge on any atom is 0.267 e. The summed E-state index contributed by atoms with van der Waals surface area (Å²) in [4.78, 5) is 29.2. The molecular formula is C18H20N4OS2. The number of rotatable bonds is 2. The van der Waals surface area contributed by atoms with E-state index in [0.717, 1.165) is 45.8 Å². The number of hydrogen-bond acceptors (Lipinski definition) is 6. The SMILES string of the molecule is Cc1nc(C)c2c(C)c(C(=O)Nc3nc4c(s3)C[C@H](C)CC4)sc2n1. The van der Waals surface area contributed by atoms with E-state index in [1.54, 1.807) is 11.3 Å². The predicted molar refractivity (Wildman–Crippen MR) is 103 cm³/mol. The Morgan fingerprint density at radius 2 is 1.96 bits per heavy atom. The molecule has 0 saturated heterocycles. The number of thiophene rings is 1. The number of thiazole rings is 1. The molecule has 0 bridgehead atoms. The van der Waals surface area contributed by atoms with Crippen molar-refractivity contribution in [1.29, 1.82) is 0 Å². The third kappa shape index (κ3) is 2.95. The molecule has 7 heteroatoms. The Hall–Kier alpha value is -1.86. The molecule has 1 N–H and O–H groups in total. The number of nitrogens with one attached hydrogen (secondary N) is 1. The summed E-state index contributed by atoms with van der Waals surface area (Å²) in [6, 6.07) is 0. The molecule has 1 aliphatic carbocycles. The predicted octanol–water partition coefficient (Wildman–Crippen LogP) is 4.45. The van der Waals surface area contributed by atoms with Crippen LogP contribution >= 0.6 is 22.7 Å². The first-order chi connectivity index (χ1) is 11.9. The van der Waals surface area contributed by atoms with Crippen molar-refractivity contribution in [2.75, 3.05) is 5.32 Å². The summed E-state index contributed by atoms with van der Waals surface area (Å²) in [5.74, 6) is 1.34. The highest BCUT2D eigenvalue weighted by atomic mass is 32.1. The molecule has 3 heterocycles. The molecule has 0 saturated carbocycles. The highest BCUT2D eigenvalue weighted by Gasteiger charge is 2.23. The first-order valence-corrected chi connectivity index (χ1v) is 10.1. The second kappa shape index (κ2) is 6.14. The molecule has 3 aromatic heterocycles. The van der Waals surface area contributed by atoms with Gasteiger partial charge in [-0.1, -0.05) is 6.92 Å². The molecule has 0 fully saturated rings. The van der Waals surface area contributed by atoms with Crippen molar-refractivity contribution in [3.8, 4) is 0 Å². The molecule has 1 amide bonds. The van der Waals surface area contributed by atoms with E-state index in [2.05, 4.69) is 27.2 Å². The Morgan fingerprint density at radius 1 is 1.16 bits per heavy atom. The fourth-order valence-corrected chi connectivity index (χ4v) is 5.78. The van der Waals surface area contributed by atoms with Gasteiger partial charge in [0.25, 0.3) is 5.91 Å². The summed E-state index contributed by atoms with van der Waals surface area (Å²) in [5.41, 5.74) is 3.03. The quantitative estimate of drug-likeness (QED) is 0.721. The Morgan fingerprint density at radius 3 is 2.76 bits per heavy atom. The number of hydrogen-bond donors (Lipinski definition) is 1. The highest BCUT2D eigenvalue weighted by molar-refractivity contribution is 7.21. The van der Waals surface area contributed by atoms with Gasteiger partial charge in [-0.2, -0.15) is 0 Å². The van der Waals surface area contributed by atoms with Gasteiger partial charge in [0.05, 0.1) is 10.6 Å². The number of aromatic nitrogens is 3. The van der Waals surface area contributed by atoms with Gasteiger partial charge in [0, 0.05) is 16.0 Å². The van der Waals surface area contributed by atoms with Gasteiger partial charge in [0.15, 0.2) is 5.13 Å². The van der Waals surface area contributed by atoms with Crippen LogP contribution in [0.4, 0.5) is 5.13 Å². The number of aryl methyl sites for hydroxylation is 4. The number of nitrogens with zero attached hydrogens (tertiary/aromatic N) is 3. The normalized spacial score (nSPS) is 16.9. The van der Waals surface area contributed by atoms with Gasteiger partial charge in [-0.25, -0.2) is 15.0 Å². The minimum absolute atomic E-state index is 0.100. The summed E-state index contributed by atoms with van der Waals surface area (Å²) >= 11 is 3.04. The summed E-state index contributed by atoms with van der Waals surface area (Å²) < 4.78 is 0. The fraction of sp³-hybridized carbons (Fsp3) is 0.444. The number of amides is 1. The summed E-state index contributed by atoms with van der Waals surface area (Å²) in [6.07, 6.45) is 3.26. The van der Waals surface area contributed by atoms with Crippen LogP contribution in [0.1, 0.15) is 50.7 Å².